The minimum atomic E-state index is -0.685. The maximum absolute atomic E-state index is 11.7. The van der Waals surface area contributed by atoms with E-state index in [0.29, 0.717) is 18.4 Å². The van der Waals surface area contributed by atoms with Crippen LogP contribution in [0.5, 0.6) is 0 Å². The van der Waals surface area contributed by atoms with Crippen molar-refractivity contribution in [3.8, 4) is 0 Å². The highest BCUT2D eigenvalue weighted by Gasteiger charge is 2.26. The normalized spacial score (nSPS) is 24.8. The second-order valence-corrected chi connectivity index (χ2v) is 5.94. The molecule has 1 aliphatic carbocycles. The van der Waals surface area contributed by atoms with Gasteiger partial charge in [0.15, 0.2) is 0 Å². The Kier molecular flexibility index (Phi) is 6.12. The maximum atomic E-state index is 11.7. The fraction of sp³-hybridized carbons (Fsp3) is 0.857. The van der Waals surface area contributed by atoms with Gasteiger partial charge in [0.05, 0.1) is 5.92 Å². The SMILES string of the molecule is CC(C)C(C)NC(=O)NCC1CCC(C(=O)O)CC1. The molecule has 110 valence electrons. The minimum Gasteiger partial charge on any atom is -0.481 e. The molecule has 19 heavy (non-hydrogen) atoms. The van der Waals surface area contributed by atoms with Crippen LogP contribution in [-0.2, 0) is 4.79 Å². The zero-order valence-electron chi connectivity index (χ0n) is 12.1. The Labute approximate surface area is 115 Å². The summed E-state index contributed by atoms with van der Waals surface area (Å²) in [6, 6.07) is 0.0318. The van der Waals surface area contributed by atoms with E-state index in [1.54, 1.807) is 0 Å². The molecular formula is C14H26N2O3. The minimum absolute atomic E-state index is 0.124. The fourth-order valence-corrected chi connectivity index (χ4v) is 2.28. The summed E-state index contributed by atoms with van der Waals surface area (Å²) < 4.78 is 0. The van der Waals surface area contributed by atoms with Crippen molar-refractivity contribution in [3.05, 3.63) is 0 Å². The molecule has 0 spiro atoms. The second-order valence-electron chi connectivity index (χ2n) is 5.94. The lowest BCUT2D eigenvalue weighted by Crippen LogP contribution is -2.44. The van der Waals surface area contributed by atoms with Gasteiger partial charge in [0.2, 0.25) is 0 Å². The van der Waals surface area contributed by atoms with Gasteiger partial charge in [-0.05, 0) is 44.4 Å². The van der Waals surface area contributed by atoms with Crippen LogP contribution in [0.4, 0.5) is 4.79 Å². The van der Waals surface area contributed by atoms with Gasteiger partial charge in [-0.1, -0.05) is 13.8 Å². The zero-order valence-corrected chi connectivity index (χ0v) is 12.1. The standard InChI is InChI=1S/C14H26N2O3/c1-9(2)10(3)16-14(19)15-8-11-4-6-12(7-5-11)13(17)18/h9-12H,4-8H2,1-3H3,(H,17,18)(H2,15,16,19). The average molecular weight is 270 g/mol. The smallest absolute Gasteiger partial charge is 0.315 e. The number of carboxylic acids is 1. The molecule has 1 unspecified atom stereocenters. The Bertz CT molecular complexity index is 310. The molecule has 0 heterocycles. The van der Waals surface area contributed by atoms with Crippen molar-refractivity contribution in [3.63, 3.8) is 0 Å². The predicted molar refractivity (Wildman–Crippen MR) is 73.9 cm³/mol. The molecule has 5 nitrogen and oxygen atoms in total. The number of nitrogens with one attached hydrogen (secondary N) is 2. The van der Waals surface area contributed by atoms with E-state index < -0.39 is 5.97 Å². The summed E-state index contributed by atoms with van der Waals surface area (Å²) in [5.74, 6) is -0.0478. The van der Waals surface area contributed by atoms with Crippen molar-refractivity contribution in [1.29, 1.82) is 0 Å². The Morgan fingerprint density at radius 1 is 1.16 bits per heavy atom. The van der Waals surface area contributed by atoms with Crippen LogP contribution in [0.2, 0.25) is 0 Å². The van der Waals surface area contributed by atoms with Crippen LogP contribution in [0.3, 0.4) is 0 Å². The highest BCUT2D eigenvalue weighted by Crippen LogP contribution is 2.28. The van der Waals surface area contributed by atoms with E-state index in [4.69, 9.17) is 5.11 Å². The molecule has 0 aromatic rings. The lowest BCUT2D eigenvalue weighted by atomic mass is 9.82. The molecule has 3 N–H and O–H groups in total. The highest BCUT2D eigenvalue weighted by molar-refractivity contribution is 5.74. The largest absolute Gasteiger partial charge is 0.481 e. The molecule has 0 radical (unpaired) electrons. The van der Waals surface area contributed by atoms with E-state index in [-0.39, 0.29) is 18.0 Å². The number of aliphatic carboxylic acids is 1. The summed E-state index contributed by atoms with van der Waals surface area (Å²) in [6.07, 6.45) is 3.23. The number of urea groups is 1. The van der Waals surface area contributed by atoms with E-state index in [1.807, 2.05) is 6.92 Å². The van der Waals surface area contributed by atoms with E-state index in [1.165, 1.54) is 0 Å². The van der Waals surface area contributed by atoms with E-state index in [9.17, 15) is 9.59 Å². The fourth-order valence-electron chi connectivity index (χ4n) is 2.28. The van der Waals surface area contributed by atoms with Gasteiger partial charge in [0.25, 0.3) is 0 Å². The molecule has 1 aliphatic rings. The van der Waals surface area contributed by atoms with Crippen LogP contribution in [0.1, 0.15) is 46.5 Å². The van der Waals surface area contributed by atoms with Crippen LogP contribution < -0.4 is 10.6 Å². The summed E-state index contributed by atoms with van der Waals surface area (Å²) in [5, 5.41) is 14.7. The van der Waals surface area contributed by atoms with Gasteiger partial charge in [0.1, 0.15) is 0 Å². The summed E-state index contributed by atoms with van der Waals surface area (Å²) in [7, 11) is 0. The predicted octanol–water partition coefficient (Wildman–Crippen LogP) is 2.22. The van der Waals surface area contributed by atoms with Crippen molar-refractivity contribution in [2.24, 2.45) is 17.8 Å². The van der Waals surface area contributed by atoms with Crippen molar-refractivity contribution < 1.29 is 14.7 Å². The number of carboxylic acid groups (broad SMARTS) is 1. The number of rotatable bonds is 5. The third kappa shape index (κ3) is 5.49. The maximum Gasteiger partial charge on any atom is 0.315 e. The molecule has 2 amide bonds. The van der Waals surface area contributed by atoms with Crippen LogP contribution >= 0.6 is 0 Å². The van der Waals surface area contributed by atoms with Crippen molar-refractivity contribution >= 4 is 12.0 Å². The highest BCUT2D eigenvalue weighted by atomic mass is 16.4. The average Bonchev–Trinajstić information content (AvgIpc) is 2.36. The Balaban J connectivity index is 2.20. The molecule has 0 saturated heterocycles. The van der Waals surface area contributed by atoms with Crippen molar-refractivity contribution in [2.75, 3.05) is 6.54 Å². The number of carbonyl (C=O) groups excluding carboxylic acids is 1. The molecule has 1 atom stereocenters. The van der Waals surface area contributed by atoms with E-state index in [0.717, 1.165) is 25.7 Å². The van der Waals surface area contributed by atoms with Gasteiger partial charge in [-0.25, -0.2) is 4.79 Å². The van der Waals surface area contributed by atoms with Crippen LogP contribution in [0, 0.1) is 17.8 Å². The lowest BCUT2D eigenvalue weighted by molar-refractivity contribution is -0.143. The molecule has 0 aromatic heterocycles. The third-order valence-electron chi connectivity index (χ3n) is 4.11. The first-order chi connectivity index (χ1) is 8.90. The topological polar surface area (TPSA) is 78.4 Å². The molecule has 0 bridgehead atoms. The first kappa shape index (κ1) is 15.8. The Morgan fingerprint density at radius 2 is 1.74 bits per heavy atom. The van der Waals surface area contributed by atoms with Gasteiger partial charge in [-0.3, -0.25) is 4.79 Å². The molecule has 5 heteroatoms. The van der Waals surface area contributed by atoms with Crippen LogP contribution in [-0.4, -0.2) is 29.7 Å². The summed E-state index contributed by atoms with van der Waals surface area (Å²) in [4.78, 5) is 22.5. The van der Waals surface area contributed by atoms with Crippen LogP contribution in [0.25, 0.3) is 0 Å². The number of hydrogen-bond acceptors (Lipinski definition) is 2. The summed E-state index contributed by atoms with van der Waals surface area (Å²) >= 11 is 0. The molecule has 0 aliphatic heterocycles. The number of hydrogen-bond donors (Lipinski definition) is 3. The third-order valence-corrected chi connectivity index (χ3v) is 4.11. The summed E-state index contributed by atoms with van der Waals surface area (Å²) in [6.45, 7) is 6.77. The summed E-state index contributed by atoms with van der Waals surface area (Å²) in [5.41, 5.74) is 0. The zero-order chi connectivity index (χ0) is 14.4. The number of amides is 2. The quantitative estimate of drug-likeness (QED) is 0.716. The van der Waals surface area contributed by atoms with Gasteiger partial charge in [-0.15, -0.1) is 0 Å². The van der Waals surface area contributed by atoms with Gasteiger partial charge < -0.3 is 15.7 Å². The lowest BCUT2D eigenvalue weighted by Gasteiger charge is -2.26. The van der Waals surface area contributed by atoms with Gasteiger partial charge in [0, 0.05) is 12.6 Å². The Hall–Kier alpha value is -1.26. The molecule has 0 aromatic carbocycles. The van der Waals surface area contributed by atoms with Crippen molar-refractivity contribution in [2.45, 2.75) is 52.5 Å². The van der Waals surface area contributed by atoms with Gasteiger partial charge in [-0.2, -0.15) is 0 Å². The molecule has 1 rings (SSSR count). The number of carbonyl (C=O) groups is 2. The Morgan fingerprint density at radius 3 is 2.21 bits per heavy atom. The second kappa shape index (κ2) is 7.36. The van der Waals surface area contributed by atoms with Crippen molar-refractivity contribution in [1.82, 2.24) is 10.6 Å². The van der Waals surface area contributed by atoms with E-state index >= 15 is 0 Å². The first-order valence-corrected chi connectivity index (χ1v) is 7.17. The monoisotopic (exact) mass is 270 g/mol. The first-order valence-electron chi connectivity index (χ1n) is 7.17. The molecule has 1 saturated carbocycles. The van der Waals surface area contributed by atoms with Gasteiger partial charge >= 0.3 is 12.0 Å². The molecule has 1 fully saturated rings. The van der Waals surface area contributed by atoms with Crippen LogP contribution in [0.15, 0.2) is 0 Å². The van der Waals surface area contributed by atoms with E-state index in [2.05, 4.69) is 24.5 Å². The molecular weight excluding hydrogens is 244 g/mol.